The maximum absolute atomic E-state index is 13.2. The summed E-state index contributed by atoms with van der Waals surface area (Å²) in [6.45, 7) is 22.6. The number of allylic oxidation sites excluding steroid dienone is 3. The van der Waals surface area contributed by atoms with E-state index in [1.807, 2.05) is 12.1 Å². The van der Waals surface area contributed by atoms with E-state index in [9.17, 15) is 23.1 Å². The molecular weight excluding hydrogens is 683 g/mol. The Morgan fingerprint density at radius 1 is 0.887 bits per heavy atom. The molecule has 3 N–H and O–H groups in total. The average molecular weight is 748 g/mol. The fraction of sp³-hybridized carbons (Fsp3) is 0.727. The first-order valence-electron chi connectivity index (χ1n) is 20.5. The molecule has 4 saturated carbocycles. The van der Waals surface area contributed by atoms with Gasteiger partial charge in [0.25, 0.3) is 0 Å². The van der Waals surface area contributed by atoms with Crippen LogP contribution in [0.4, 0.5) is 4.79 Å². The van der Waals surface area contributed by atoms with Crippen molar-refractivity contribution in [3.05, 3.63) is 53.6 Å². The fourth-order valence-electron chi connectivity index (χ4n) is 14.1. The number of nitrogens with one attached hydrogen (secondary N) is 2. The monoisotopic (exact) mass is 747 g/mol. The Bertz CT molecular complexity index is 1760. The van der Waals surface area contributed by atoms with Crippen LogP contribution in [0.1, 0.15) is 115 Å². The van der Waals surface area contributed by atoms with Gasteiger partial charge in [0.05, 0.1) is 17.1 Å². The summed E-state index contributed by atoms with van der Waals surface area (Å²) in [5.41, 5.74) is 4.85. The van der Waals surface area contributed by atoms with Crippen molar-refractivity contribution in [2.45, 2.75) is 99.3 Å². The first kappa shape index (κ1) is 38.6. The number of urea groups is 1. The number of benzene rings is 1. The van der Waals surface area contributed by atoms with Crippen LogP contribution in [0.2, 0.25) is 0 Å². The fourth-order valence-corrected chi connectivity index (χ4v) is 15.4. The molecule has 6 aliphatic rings. The van der Waals surface area contributed by atoms with Gasteiger partial charge in [0.15, 0.2) is 9.84 Å². The summed E-state index contributed by atoms with van der Waals surface area (Å²) in [6.07, 6.45) is 13.1. The minimum atomic E-state index is -2.91. The molecule has 5 fully saturated rings. The topological polar surface area (TPSA) is 116 Å². The van der Waals surface area contributed by atoms with E-state index in [-0.39, 0.29) is 44.6 Å². The lowest BCUT2D eigenvalue weighted by atomic mass is 9.32. The molecule has 1 aliphatic heterocycles. The van der Waals surface area contributed by atoms with E-state index in [0.29, 0.717) is 67.9 Å². The van der Waals surface area contributed by atoms with Crippen molar-refractivity contribution in [3.8, 4) is 0 Å². The second-order valence-electron chi connectivity index (χ2n) is 19.6. The number of hydrogen-bond donors (Lipinski definition) is 3. The third-order valence-electron chi connectivity index (χ3n) is 17.0. The quantitative estimate of drug-likeness (QED) is 0.232. The zero-order chi connectivity index (χ0) is 38.2. The van der Waals surface area contributed by atoms with Gasteiger partial charge < -0.3 is 15.7 Å². The van der Waals surface area contributed by atoms with Crippen LogP contribution in [-0.4, -0.2) is 74.7 Å². The molecule has 292 valence electrons. The van der Waals surface area contributed by atoms with Crippen molar-refractivity contribution in [3.63, 3.8) is 0 Å². The molecule has 1 aromatic carbocycles. The molecule has 0 radical (unpaired) electrons. The van der Waals surface area contributed by atoms with Crippen molar-refractivity contribution in [1.82, 2.24) is 15.5 Å². The normalized spacial score (nSPS) is 40.0. The Hall–Kier alpha value is -2.65. The lowest BCUT2D eigenvalue weighted by Crippen LogP contribution is -2.66. The molecular formula is C44H65N3O5S. The molecule has 0 bridgehead atoms. The number of rotatable bonds is 8. The number of carbonyl (C=O) groups excluding carboxylic acids is 1. The van der Waals surface area contributed by atoms with E-state index in [0.717, 1.165) is 31.2 Å². The minimum absolute atomic E-state index is 0.0181. The molecule has 9 atom stereocenters. The van der Waals surface area contributed by atoms with Crippen molar-refractivity contribution in [2.24, 2.45) is 56.7 Å². The van der Waals surface area contributed by atoms with Gasteiger partial charge >= 0.3 is 12.0 Å². The SMILES string of the molecule is C=C(C)C1CCC2(CNC(=O)NCCN3CCS(=O)(=O)CC3)CCC3(C)C(CCC4C5(C)CC=C(c6ccc(C(=O)O)cc6)C(C)(C)C5CCC43C)C12. The van der Waals surface area contributed by atoms with Gasteiger partial charge in [0.1, 0.15) is 0 Å². The highest BCUT2D eigenvalue weighted by Gasteiger charge is 2.70. The highest BCUT2D eigenvalue weighted by atomic mass is 32.2. The number of aromatic carboxylic acids is 1. The summed E-state index contributed by atoms with van der Waals surface area (Å²) in [4.78, 5) is 26.9. The molecule has 8 nitrogen and oxygen atoms in total. The number of carboxylic acid groups (broad SMARTS) is 1. The Morgan fingerprint density at radius 2 is 1.58 bits per heavy atom. The molecule has 1 saturated heterocycles. The van der Waals surface area contributed by atoms with Crippen LogP contribution < -0.4 is 10.6 Å². The highest BCUT2D eigenvalue weighted by molar-refractivity contribution is 7.91. The summed E-state index contributed by atoms with van der Waals surface area (Å²) in [5, 5.41) is 15.9. The van der Waals surface area contributed by atoms with Crippen LogP contribution in [0.25, 0.3) is 5.57 Å². The van der Waals surface area contributed by atoms with Gasteiger partial charge in [-0.1, -0.05) is 65.0 Å². The molecule has 9 unspecified atom stereocenters. The van der Waals surface area contributed by atoms with E-state index in [1.54, 1.807) is 12.1 Å². The van der Waals surface area contributed by atoms with Crippen LogP contribution in [0.5, 0.6) is 0 Å². The lowest BCUT2D eigenvalue weighted by molar-refractivity contribution is -0.224. The predicted molar refractivity (Wildman–Crippen MR) is 212 cm³/mol. The van der Waals surface area contributed by atoms with Gasteiger partial charge in [-0.15, -0.1) is 0 Å². The number of fused-ring (bicyclic) bond motifs is 7. The summed E-state index contributed by atoms with van der Waals surface area (Å²) in [6, 6.07) is 7.42. The highest BCUT2D eigenvalue weighted by Crippen LogP contribution is 2.77. The number of nitrogens with zero attached hydrogens (tertiary/aromatic N) is 1. The van der Waals surface area contributed by atoms with Crippen molar-refractivity contribution in [2.75, 3.05) is 44.2 Å². The number of amides is 2. The number of carboxylic acids is 1. The number of carbonyl (C=O) groups is 2. The van der Waals surface area contributed by atoms with E-state index >= 15 is 0 Å². The lowest BCUT2D eigenvalue weighted by Gasteiger charge is -2.72. The van der Waals surface area contributed by atoms with E-state index in [1.165, 1.54) is 43.3 Å². The molecule has 5 aliphatic carbocycles. The predicted octanol–water partition coefficient (Wildman–Crippen LogP) is 8.07. The van der Waals surface area contributed by atoms with Crippen LogP contribution >= 0.6 is 0 Å². The third-order valence-corrected chi connectivity index (χ3v) is 18.6. The number of hydrogen-bond acceptors (Lipinski definition) is 5. The summed E-state index contributed by atoms with van der Waals surface area (Å²) in [5.74, 6) is 2.30. The van der Waals surface area contributed by atoms with E-state index in [2.05, 4.69) is 69.7 Å². The van der Waals surface area contributed by atoms with Crippen LogP contribution in [0, 0.1) is 56.7 Å². The Morgan fingerprint density at radius 3 is 2.25 bits per heavy atom. The van der Waals surface area contributed by atoms with Crippen molar-refractivity contribution in [1.29, 1.82) is 0 Å². The Kier molecular flexibility index (Phi) is 9.86. The summed E-state index contributed by atoms with van der Waals surface area (Å²) in [7, 11) is -2.91. The van der Waals surface area contributed by atoms with Gasteiger partial charge in [-0.25, -0.2) is 18.0 Å². The summed E-state index contributed by atoms with van der Waals surface area (Å²) >= 11 is 0. The molecule has 7 rings (SSSR count). The van der Waals surface area contributed by atoms with Gasteiger partial charge in [-0.3, -0.25) is 4.90 Å². The molecule has 1 heterocycles. The van der Waals surface area contributed by atoms with Crippen molar-refractivity contribution < 1.29 is 23.1 Å². The van der Waals surface area contributed by atoms with Crippen molar-refractivity contribution >= 4 is 27.4 Å². The van der Waals surface area contributed by atoms with Crippen LogP contribution in [-0.2, 0) is 9.84 Å². The van der Waals surface area contributed by atoms with Crippen LogP contribution in [0.15, 0.2) is 42.5 Å². The zero-order valence-corrected chi connectivity index (χ0v) is 34.0. The van der Waals surface area contributed by atoms with Gasteiger partial charge in [0.2, 0.25) is 0 Å². The summed E-state index contributed by atoms with van der Waals surface area (Å²) < 4.78 is 23.6. The maximum Gasteiger partial charge on any atom is 0.335 e. The third kappa shape index (κ3) is 6.32. The molecule has 0 aromatic heterocycles. The van der Waals surface area contributed by atoms with Gasteiger partial charge in [-0.05, 0) is 145 Å². The average Bonchev–Trinajstić information content (AvgIpc) is 3.49. The Labute approximate surface area is 318 Å². The standard InChI is InChI=1S/C44H65N3O5S/c1-29(2)32-14-19-44(28-46-39(50)45-22-23-47-24-26-53(51,52)27-25-47)21-20-42(6)34(37(32)44)12-13-36-41(5)17-15-33(30-8-10-31(11-9-30)38(48)49)40(3,4)35(41)16-18-43(36,42)7/h8-11,15,32,34-37H,1,12-14,16-28H2,2-7H3,(H,48,49)(H2,45,46,50). The first-order valence-corrected chi connectivity index (χ1v) is 22.3. The molecule has 9 heteroatoms. The minimum Gasteiger partial charge on any atom is -0.478 e. The van der Waals surface area contributed by atoms with Gasteiger partial charge in [0, 0.05) is 32.7 Å². The molecule has 53 heavy (non-hydrogen) atoms. The zero-order valence-electron chi connectivity index (χ0n) is 33.2. The maximum atomic E-state index is 13.2. The largest absolute Gasteiger partial charge is 0.478 e. The van der Waals surface area contributed by atoms with Gasteiger partial charge in [-0.2, -0.15) is 0 Å². The number of sulfone groups is 1. The van der Waals surface area contributed by atoms with Crippen LogP contribution in [0.3, 0.4) is 0 Å². The molecule has 1 aromatic rings. The van der Waals surface area contributed by atoms with E-state index < -0.39 is 15.8 Å². The first-order chi connectivity index (χ1) is 24.9. The van der Waals surface area contributed by atoms with E-state index in [4.69, 9.17) is 0 Å². The second kappa shape index (κ2) is 13.5. The molecule has 2 amide bonds. The smallest absolute Gasteiger partial charge is 0.335 e. The second-order valence-corrected chi connectivity index (χ2v) is 21.9. The molecule has 0 spiro atoms. The Balaban J connectivity index is 1.08.